The Morgan fingerprint density at radius 1 is 0.923 bits per heavy atom. The van der Waals surface area contributed by atoms with E-state index in [1.54, 1.807) is 7.11 Å². The first-order valence-electron chi connectivity index (χ1n) is 9.01. The zero-order valence-corrected chi connectivity index (χ0v) is 15.2. The summed E-state index contributed by atoms with van der Waals surface area (Å²) in [5.74, 6) is 0.816. The van der Waals surface area contributed by atoms with Crippen LogP contribution in [-0.2, 0) is 25.4 Å². The molecule has 3 aliphatic heterocycles. The van der Waals surface area contributed by atoms with E-state index in [4.69, 9.17) is 18.9 Å². The summed E-state index contributed by atoms with van der Waals surface area (Å²) in [7, 11) is 1.68. The first kappa shape index (κ1) is 16.3. The summed E-state index contributed by atoms with van der Waals surface area (Å²) < 4.78 is 24.6. The molecule has 5 atom stereocenters. The Kier molecular flexibility index (Phi) is 3.46. The van der Waals surface area contributed by atoms with Crippen molar-refractivity contribution in [1.29, 1.82) is 0 Å². The largest absolute Gasteiger partial charge is 0.497 e. The molecule has 3 fully saturated rings. The minimum absolute atomic E-state index is 0.0948. The van der Waals surface area contributed by atoms with Crippen LogP contribution in [0.1, 0.15) is 25.0 Å². The van der Waals surface area contributed by atoms with E-state index in [2.05, 4.69) is 36.9 Å². The molecular formula is C21H23NO4. The summed E-state index contributed by atoms with van der Waals surface area (Å²) in [4.78, 5) is 2.24. The maximum atomic E-state index is 6.68. The molecule has 0 aliphatic carbocycles. The van der Waals surface area contributed by atoms with Gasteiger partial charge < -0.3 is 18.9 Å². The third-order valence-corrected chi connectivity index (χ3v) is 5.94. The number of rotatable bonds is 3. The van der Waals surface area contributed by atoms with Crippen LogP contribution in [0, 0.1) is 0 Å². The summed E-state index contributed by atoms with van der Waals surface area (Å²) in [6.07, 6.45) is -0.489. The average molecular weight is 353 g/mol. The molecule has 5 rings (SSSR count). The van der Waals surface area contributed by atoms with Crippen LogP contribution in [0.3, 0.4) is 0 Å². The molecule has 0 spiro atoms. The quantitative estimate of drug-likeness (QED) is 0.847. The Hall–Kier alpha value is -1.92. The van der Waals surface area contributed by atoms with E-state index in [9.17, 15) is 0 Å². The average Bonchev–Trinajstić information content (AvgIpc) is 3.31. The molecule has 5 nitrogen and oxygen atoms in total. The fourth-order valence-corrected chi connectivity index (χ4v) is 4.52. The predicted molar refractivity (Wildman–Crippen MR) is 95.5 cm³/mol. The topological polar surface area (TPSA) is 40.2 Å². The van der Waals surface area contributed by atoms with E-state index < -0.39 is 11.2 Å². The van der Waals surface area contributed by atoms with Gasteiger partial charge in [0.05, 0.1) is 13.7 Å². The van der Waals surface area contributed by atoms with E-state index in [0.717, 1.165) is 16.9 Å². The molecular weight excluding hydrogens is 330 g/mol. The Morgan fingerprint density at radius 2 is 1.65 bits per heavy atom. The molecule has 0 bridgehead atoms. The molecule has 0 saturated carbocycles. The van der Waals surface area contributed by atoms with Crippen LogP contribution in [0.4, 0.5) is 0 Å². The van der Waals surface area contributed by atoms with Crippen molar-refractivity contribution in [1.82, 2.24) is 4.90 Å². The van der Waals surface area contributed by atoms with Crippen LogP contribution in [0.2, 0.25) is 0 Å². The van der Waals surface area contributed by atoms with Crippen molar-refractivity contribution in [2.24, 2.45) is 0 Å². The zero-order valence-electron chi connectivity index (χ0n) is 15.2. The van der Waals surface area contributed by atoms with Crippen LogP contribution in [0.5, 0.6) is 5.75 Å². The van der Waals surface area contributed by atoms with Crippen molar-refractivity contribution in [3.05, 3.63) is 65.7 Å². The number of hydrogen-bond acceptors (Lipinski definition) is 5. The molecule has 26 heavy (non-hydrogen) atoms. The number of ether oxygens (including phenoxy) is 4. The first-order valence-corrected chi connectivity index (χ1v) is 9.01. The van der Waals surface area contributed by atoms with Crippen molar-refractivity contribution < 1.29 is 18.9 Å². The van der Waals surface area contributed by atoms with Gasteiger partial charge in [0.15, 0.2) is 0 Å². The maximum Gasteiger partial charge on any atom is 0.149 e. The van der Waals surface area contributed by atoms with Crippen molar-refractivity contribution >= 4 is 0 Å². The standard InChI is InChI=1S/C21H23NO4/c1-20(14-8-5-4-6-9-14)19-22-17(25-20)13-24-18(22)21(2,26-19)15-10-7-11-16(12-15)23-3/h4-12,17-19H,13H2,1-3H3/t17-,18-,19-,20-,21+/m0/s1. The molecule has 0 N–H and O–H groups in total. The molecule has 0 radical (unpaired) electrons. The SMILES string of the molecule is COc1cccc([C@@]2(C)O[C@@H]3N4[C@H](CO[C@H]42)O[C@@]3(C)c2ccccc2)c1. The number of methoxy groups -OCH3 is 1. The molecule has 3 saturated heterocycles. The van der Waals surface area contributed by atoms with Crippen LogP contribution < -0.4 is 4.74 Å². The van der Waals surface area contributed by atoms with Gasteiger partial charge in [-0.3, -0.25) is 0 Å². The fourth-order valence-electron chi connectivity index (χ4n) is 4.52. The number of hydrogen-bond donors (Lipinski definition) is 0. The maximum absolute atomic E-state index is 6.68. The Morgan fingerprint density at radius 3 is 2.42 bits per heavy atom. The van der Waals surface area contributed by atoms with Gasteiger partial charge in [-0.1, -0.05) is 42.5 Å². The van der Waals surface area contributed by atoms with Gasteiger partial charge >= 0.3 is 0 Å². The molecule has 2 aromatic carbocycles. The van der Waals surface area contributed by atoms with E-state index in [0.29, 0.717) is 6.61 Å². The van der Waals surface area contributed by atoms with Gasteiger partial charge in [-0.15, -0.1) is 0 Å². The normalized spacial score (nSPS) is 38.5. The second kappa shape index (κ2) is 5.54. The van der Waals surface area contributed by atoms with Gasteiger partial charge in [0.2, 0.25) is 0 Å². The third-order valence-electron chi connectivity index (χ3n) is 5.94. The zero-order chi connectivity index (χ0) is 17.9. The molecule has 0 unspecified atom stereocenters. The second-order valence-electron chi connectivity index (χ2n) is 7.49. The highest BCUT2D eigenvalue weighted by Crippen LogP contribution is 2.55. The van der Waals surface area contributed by atoms with Crippen LogP contribution in [0.25, 0.3) is 0 Å². The third kappa shape index (κ3) is 2.06. The molecule has 3 heterocycles. The monoisotopic (exact) mass is 353 g/mol. The summed E-state index contributed by atoms with van der Waals surface area (Å²) in [6.45, 7) is 4.75. The molecule has 0 aromatic heterocycles. The summed E-state index contributed by atoms with van der Waals surface area (Å²) in [6, 6.07) is 18.3. The lowest BCUT2D eigenvalue weighted by Gasteiger charge is -2.33. The van der Waals surface area contributed by atoms with E-state index in [-0.39, 0.29) is 18.7 Å². The van der Waals surface area contributed by atoms with E-state index in [1.807, 2.05) is 36.4 Å². The smallest absolute Gasteiger partial charge is 0.149 e. The van der Waals surface area contributed by atoms with Gasteiger partial charge in [-0.2, -0.15) is 0 Å². The molecule has 3 aliphatic rings. The lowest BCUT2D eigenvalue weighted by Crippen LogP contribution is -2.40. The molecule has 2 aromatic rings. The van der Waals surface area contributed by atoms with Crippen molar-refractivity contribution in [3.8, 4) is 5.75 Å². The van der Waals surface area contributed by atoms with Crippen molar-refractivity contribution in [3.63, 3.8) is 0 Å². The second-order valence-corrected chi connectivity index (χ2v) is 7.49. The van der Waals surface area contributed by atoms with E-state index in [1.165, 1.54) is 0 Å². The Bertz CT molecular complexity index is 828. The number of benzene rings is 2. The highest BCUT2D eigenvalue weighted by molar-refractivity contribution is 5.35. The molecule has 136 valence electrons. The van der Waals surface area contributed by atoms with Crippen LogP contribution in [-0.4, -0.2) is 37.3 Å². The fraction of sp³-hybridized carbons (Fsp3) is 0.429. The van der Waals surface area contributed by atoms with E-state index >= 15 is 0 Å². The summed E-state index contributed by atoms with van der Waals surface area (Å²) >= 11 is 0. The Balaban J connectivity index is 1.57. The van der Waals surface area contributed by atoms with Crippen LogP contribution in [0.15, 0.2) is 54.6 Å². The van der Waals surface area contributed by atoms with Crippen LogP contribution >= 0.6 is 0 Å². The van der Waals surface area contributed by atoms with Gasteiger partial charge in [0.1, 0.15) is 35.6 Å². The highest BCUT2D eigenvalue weighted by atomic mass is 16.7. The molecule has 0 amide bonds. The van der Waals surface area contributed by atoms with Crippen molar-refractivity contribution in [2.45, 2.75) is 43.7 Å². The lowest BCUT2D eigenvalue weighted by atomic mass is 9.94. The lowest BCUT2D eigenvalue weighted by molar-refractivity contribution is -0.138. The first-order chi connectivity index (χ1) is 12.6. The number of nitrogens with zero attached hydrogens (tertiary/aromatic N) is 1. The van der Waals surface area contributed by atoms with Gasteiger partial charge in [-0.05, 0) is 37.1 Å². The van der Waals surface area contributed by atoms with Gasteiger partial charge in [0, 0.05) is 0 Å². The van der Waals surface area contributed by atoms with Gasteiger partial charge in [-0.25, -0.2) is 4.90 Å². The predicted octanol–water partition coefficient (Wildman–Crippen LogP) is 3.20. The minimum atomic E-state index is -0.590. The highest BCUT2D eigenvalue weighted by Gasteiger charge is 2.68. The summed E-state index contributed by atoms with van der Waals surface area (Å²) in [5, 5.41) is 0. The minimum Gasteiger partial charge on any atom is -0.497 e. The molecule has 5 heteroatoms. The van der Waals surface area contributed by atoms with Gasteiger partial charge in [0.25, 0.3) is 0 Å². The Labute approximate surface area is 153 Å². The summed E-state index contributed by atoms with van der Waals surface area (Å²) in [5.41, 5.74) is 1.04. The van der Waals surface area contributed by atoms with Crippen molar-refractivity contribution in [2.75, 3.05) is 13.7 Å².